The Balaban J connectivity index is 1.74. The lowest BCUT2D eigenvalue weighted by Crippen LogP contribution is -2.16. The van der Waals surface area contributed by atoms with Crippen LogP contribution in [-0.2, 0) is 0 Å². The Bertz CT molecular complexity index is 782. The van der Waals surface area contributed by atoms with Gasteiger partial charge in [-0.2, -0.15) is 0 Å². The van der Waals surface area contributed by atoms with E-state index in [9.17, 15) is 4.39 Å². The third-order valence-electron chi connectivity index (χ3n) is 4.11. The van der Waals surface area contributed by atoms with Crippen molar-refractivity contribution in [3.8, 4) is 5.75 Å². The number of para-hydroxylation sites is 1. The van der Waals surface area contributed by atoms with Crippen LogP contribution in [0.1, 0.15) is 17.9 Å². The third-order valence-corrected chi connectivity index (χ3v) is 4.11. The molecule has 0 saturated heterocycles. The van der Waals surface area contributed by atoms with Crippen LogP contribution in [0.3, 0.4) is 0 Å². The highest BCUT2D eigenvalue weighted by Gasteiger charge is 2.13. The van der Waals surface area contributed by atoms with Crippen molar-refractivity contribution in [1.29, 1.82) is 0 Å². The molecular formula is C20H20FNO. The fourth-order valence-corrected chi connectivity index (χ4v) is 2.88. The van der Waals surface area contributed by atoms with Gasteiger partial charge in [-0.15, -0.1) is 0 Å². The van der Waals surface area contributed by atoms with Gasteiger partial charge < -0.3 is 10.5 Å². The minimum atomic E-state index is -0.332. The van der Waals surface area contributed by atoms with Gasteiger partial charge in [0.05, 0.1) is 6.61 Å². The van der Waals surface area contributed by atoms with Crippen LogP contribution in [0.5, 0.6) is 5.75 Å². The Labute approximate surface area is 135 Å². The predicted molar refractivity (Wildman–Crippen MR) is 92.3 cm³/mol. The average Bonchev–Trinajstić information content (AvgIpc) is 2.60. The molecular weight excluding hydrogens is 289 g/mol. The Morgan fingerprint density at radius 1 is 0.913 bits per heavy atom. The first-order chi connectivity index (χ1) is 11.3. The Morgan fingerprint density at radius 3 is 2.48 bits per heavy atom. The Kier molecular flexibility index (Phi) is 4.89. The number of fused-ring (bicyclic) bond motifs is 1. The number of halogens is 1. The fraction of sp³-hybridized carbons (Fsp3) is 0.200. The van der Waals surface area contributed by atoms with E-state index in [-0.39, 0.29) is 11.7 Å². The van der Waals surface area contributed by atoms with Gasteiger partial charge in [-0.3, -0.25) is 0 Å². The summed E-state index contributed by atoms with van der Waals surface area (Å²) in [5.41, 5.74) is 7.20. The molecule has 2 N–H and O–H groups in total. The van der Waals surface area contributed by atoms with Crippen molar-refractivity contribution in [3.63, 3.8) is 0 Å². The zero-order valence-electron chi connectivity index (χ0n) is 12.9. The normalized spacial score (nSPS) is 12.3. The summed E-state index contributed by atoms with van der Waals surface area (Å²) in [5.74, 6) is 0.149. The van der Waals surface area contributed by atoms with E-state index < -0.39 is 0 Å². The number of benzene rings is 3. The summed E-state index contributed by atoms with van der Waals surface area (Å²) in [4.78, 5) is 0. The Hall–Kier alpha value is -2.39. The van der Waals surface area contributed by atoms with Crippen molar-refractivity contribution in [3.05, 3.63) is 78.1 Å². The smallest absolute Gasteiger partial charge is 0.165 e. The van der Waals surface area contributed by atoms with Crippen LogP contribution in [-0.4, -0.2) is 13.2 Å². The quantitative estimate of drug-likeness (QED) is 0.728. The van der Waals surface area contributed by atoms with E-state index in [1.807, 2.05) is 12.1 Å². The summed E-state index contributed by atoms with van der Waals surface area (Å²) in [6.45, 7) is 0.973. The number of hydrogen-bond donors (Lipinski definition) is 1. The van der Waals surface area contributed by atoms with E-state index in [1.54, 1.807) is 18.2 Å². The molecule has 0 aliphatic rings. The van der Waals surface area contributed by atoms with E-state index in [2.05, 4.69) is 30.3 Å². The maximum absolute atomic E-state index is 13.6. The maximum atomic E-state index is 13.6. The van der Waals surface area contributed by atoms with Gasteiger partial charge in [0.2, 0.25) is 0 Å². The third kappa shape index (κ3) is 3.51. The second kappa shape index (κ2) is 7.25. The number of ether oxygens (including phenoxy) is 1. The van der Waals surface area contributed by atoms with E-state index in [4.69, 9.17) is 10.5 Å². The molecule has 0 radical (unpaired) electrons. The van der Waals surface area contributed by atoms with Crippen LogP contribution in [0, 0.1) is 5.82 Å². The fourth-order valence-electron chi connectivity index (χ4n) is 2.88. The van der Waals surface area contributed by atoms with Crippen LogP contribution in [0.2, 0.25) is 0 Å². The first-order valence-corrected chi connectivity index (χ1v) is 7.84. The van der Waals surface area contributed by atoms with E-state index in [1.165, 1.54) is 22.4 Å². The molecule has 1 atom stereocenters. The maximum Gasteiger partial charge on any atom is 0.165 e. The van der Waals surface area contributed by atoms with E-state index in [0.717, 1.165) is 6.42 Å². The SMILES string of the molecule is NCC(CCOc1ccccc1F)c1cccc2ccccc12. The zero-order valence-corrected chi connectivity index (χ0v) is 12.9. The van der Waals surface area contributed by atoms with Crippen molar-refractivity contribution in [2.75, 3.05) is 13.2 Å². The summed E-state index contributed by atoms with van der Waals surface area (Å²) in [5, 5.41) is 2.43. The van der Waals surface area contributed by atoms with Gasteiger partial charge in [-0.25, -0.2) is 4.39 Å². The monoisotopic (exact) mass is 309 g/mol. The molecule has 1 unspecified atom stereocenters. The summed E-state index contributed by atoms with van der Waals surface area (Å²) in [6.07, 6.45) is 0.749. The molecule has 0 spiro atoms. The predicted octanol–water partition coefficient (Wildman–Crippen LogP) is 4.49. The molecule has 3 heteroatoms. The van der Waals surface area contributed by atoms with Gasteiger partial charge in [-0.05, 0) is 47.4 Å². The highest BCUT2D eigenvalue weighted by atomic mass is 19.1. The van der Waals surface area contributed by atoms with Crippen molar-refractivity contribution in [2.24, 2.45) is 5.73 Å². The van der Waals surface area contributed by atoms with Gasteiger partial charge >= 0.3 is 0 Å². The van der Waals surface area contributed by atoms with E-state index in [0.29, 0.717) is 18.9 Å². The number of rotatable bonds is 6. The van der Waals surface area contributed by atoms with Gasteiger partial charge in [0.15, 0.2) is 11.6 Å². The lowest BCUT2D eigenvalue weighted by atomic mass is 9.91. The van der Waals surface area contributed by atoms with Crippen LogP contribution in [0.25, 0.3) is 10.8 Å². The molecule has 0 aliphatic carbocycles. The molecule has 0 bridgehead atoms. The molecule has 2 nitrogen and oxygen atoms in total. The molecule has 23 heavy (non-hydrogen) atoms. The Morgan fingerprint density at radius 2 is 1.65 bits per heavy atom. The standard InChI is InChI=1S/C20H20FNO/c21-19-10-3-4-11-20(19)23-13-12-16(14-22)18-9-5-7-15-6-1-2-8-17(15)18/h1-11,16H,12-14,22H2. The minimum absolute atomic E-state index is 0.188. The largest absolute Gasteiger partial charge is 0.490 e. The highest BCUT2D eigenvalue weighted by Crippen LogP contribution is 2.27. The molecule has 0 saturated carbocycles. The number of nitrogens with two attached hydrogens (primary N) is 1. The van der Waals surface area contributed by atoms with Gasteiger partial charge in [-0.1, -0.05) is 54.6 Å². The van der Waals surface area contributed by atoms with Crippen molar-refractivity contribution in [2.45, 2.75) is 12.3 Å². The summed E-state index contributed by atoms with van der Waals surface area (Å²) < 4.78 is 19.1. The van der Waals surface area contributed by atoms with Gasteiger partial charge in [0.25, 0.3) is 0 Å². The van der Waals surface area contributed by atoms with Crippen LogP contribution in [0.15, 0.2) is 66.7 Å². The molecule has 0 aliphatic heterocycles. The molecule has 0 amide bonds. The molecule has 118 valence electrons. The first-order valence-electron chi connectivity index (χ1n) is 7.84. The average molecular weight is 309 g/mol. The van der Waals surface area contributed by atoms with Crippen LogP contribution in [0.4, 0.5) is 4.39 Å². The zero-order chi connectivity index (χ0) is 16.1. The first kappa shape index (κ1) is 15.5. The second-order valence-electron chi connectivity index (χ2n) is 5.57. The summed E-state index contributed by atoms with van der Waals surface area (Å²) >= 11 is 0. The van der Waals surface area contributed by atoms with Crippen molar-refractivity contribution >= 4 is 10.8 Å². The second-order valence-corrected chi connectivity index (χ2v) is 5.57. The highest BCUT2D eigenvalue weighted by molar-refractivity contribution is 5.86. The molecule has 3 rings (SSSR count). The molecule has 0 heterocycles. The minimum Gasteiger partial charge on any atom is -0.490 e. The summed E-state index contributed by atoms with van der Waals surface area (Å²) in [6, 6.07) is 21.0. The summed E-state index contributed by atoms with van der Waals surface area (Å²) in [7, 11) is 0. The molecule has 3 aromatic rings. The lowest BCUT2D eigenvalue weighted by molar-refractivity contribution is 0.285. The molecule has 0 fully saturated rings. The van der Waals surface area contributed by atoms with E-state index >= 15 is 0 Å². The number of hydrogen-bond acceptors (Lipinski definition) is 2. The van der Waals surface area contributed by atoms with Crippen LogP contribution >= 0.6 is 0 Å². The van der Waals surface area contributed by atoms with Crippen molar-refractivity contribution in [1.82, 2.24) is 0 Å². The molecule has 0 aromatic heterocycles. The van der Waals surface area contributed by atoms with Crippen molar-refractivity contribution < 1.29 is 9.13 Å². The van der Waals surface area contributed by atoms with Crippen LogP contribution < -0.4 is 10.5 Å². The lowest BCUT2D eigenvalue weighted by Gasteiger charge is -2.18. The van der Waals surface area contributed by atoms with Gasteiger partial charge in [0.1, 0.15) is 0 Å². The van der Waals surface area contributed by atoms with Gasteiger partial charge in [0, 0.05) is 0 Å². The topological polar surface area (TPSA) is 35.2 Å². The molecule has 3 aromatic carbocycles.